The Labute approximate surface area is 102 Å². The molecule has 0 fully saturated rings. The average Bonchev–Trinajstić information content (AvgIpc) is 2.80. The number of methoxy groups -OCH3 is 1. The van der Waals surface area contributed by atoms with Gasteiger partial charge < -0.3 is 14.8 Å². The number of hydrogen-bond acceptors (Lipinski definition) is 4. The molecule has 0 unspecified atom stereocenters. The average molecular weight is 250 g/mol. The minimum absolute atomic E-state index is 0.186. The molecule has 94 valence electrons. The van der Waals surface area contributed by atoms with E-state index in [1.54, 1.807) is 6.07 Å². The van der Waals surface area contributed by atoms with Gasteiger partial charge in [-0.2, -0.15) is 0 Å². The van der Waals surface area contributed by atoms with Crippen molar-refractivity contribution in [2.24, 2.45) is 0 Å². The zero-order valence-electron chi connectivity index (χ0n) is 9.61. The monoisotopic (exact) mass is 250 g/mol. The van der Waals surface area contributed by atoms with Crippen LogP contribution in [0.25, 0.3) is 0 Å². The van der Waals surface area contributed by atoms with E-state index in [1.165, 1.54) is 19.5 Å². The minimum Gasteiger partial charge on any atom is -0.506 e. The Balaban J connectivity index is 2.18. The van der Waals surface area contributed by atoms with E-state index in [1.807, 2.05) is 0 Å². The maximum Gasteiger partial charge on any atom is 0.339 e. The van der Waals surface area contributed by atoms with Gasteiger partial charge in [-0.15, -0.1) is 0 Å². The predicted molar refractivity (Wildman–Crippen MR) is 60.8 cm³/mol. The normalized spacial score (nSPS) is 10.3. The van der Waals surface area contributed by atoms with Crippen molar-refractivity contribution in [2.75, 3.05) is 7.11 Å². The molecular formula is C12H11FN2O3. The number of hydrogen-bond donors (Lipinski definition) is 2. The van der Waals surface area contributed by atoms with Crippen molar-refractivity contribution in [3.8, 4) is 5.75 Å². The number of nitrogens with one attached hydrogen (secondary N) is 1. The summed E-state index contributed by atoms with van der Waals surface area (Å²) in [6, 6.07) is 2.56. The van der Waals surface area contributed by atoms with E-state index >= 15 is 0 Å². The number of aromatic amines is 1. The lowest BCUT2D eigenvalue weighted by Gasteiger charge is -2.00. The van der Waals surface area contributed by atoms with Gasteiger partial charge in [0.2, 0.25) is 0 Å². The molecule has 0 aliphatic carbocycles. The summed E-state index contributed by atoms with van der Waals surface area (Å²) in [5.41, 5.74) is 1.19. The Hall–Kier alpha value is -2.37. The number of ether oxygens (including phenoxy) is 1. The van der Waals surface area contributed by atoms with Gasteiger partial charge in [-0.3, -0.25) is 4.98 Å². The zero-order valence-corrected chi connectivity index (χ0v) is 9.61. The lowest BCUT2D eigenvalue weighted by Crippen LogP contribution is -1.99. The van der Waals surface area contributed by atoms with Crippen LogP contribution in [0.15, 0.2) is 24.5 Å². The molecule has 0 saturated heterocycles. The Bertz CT molecular complexity index is 580. The third-order valence-corrected chi connectivity index (χ3v) is 2.42. The highest BCUT2D eigenvalue weighted by Gasteiger charge is 2.11. The number of esters is 1. The van der Waals surface area contributed by atoms with E-state index in [0.29, 0.717) is 11.3 Å². The molecular weight excluding hydrogens is 239 g/mol. The van der Waals surface area contributed by atoms with Crippen molar-refractivity contribution in [3.05, 3.63) is 47.3 Å². The molecule has 0 amide bonds. The molecule has 0 aliphatic rings. The van der Waals surface area contributed by atoms with Gasteiger partial charge in [0.15, 0.2) is 0 Å². The summed E-state index contributed by atoms with van der Waals surface area (Å²) in [5.74, 6) is -1.28. The lowest BCUT2D eigenvalue weighted by molar-refractivity contribution is 0.0601. The van der Waals surface area contributed by atoms with Crippen molar-refractivity contribution in [1.82, 2.24) is 9.97 Å². The molecule has 2 rings (SSSR count). The summed E-state index contributed by atoms with van der Waals surface area (Å²) in [7, 11) is 1.29. The zero-order chi connectivity index (χ0) is 13.1. The number of rotatable bonds is 3. The van der Waals surface area contributed by atoms with Gasteiger partial charge >= 0.3 is 5.97 Å². The predicted octanol–water partition coefficient (Wildman–Crippen LogP) is 1.63. The van der Waals surface area contributed by atoms with E-state index < -0.39 is 11.8 Å². The van der Waals surface area contributed by atoms with Crippen LogP contribution in [-0.4, -0.2) is 28.2 Å². The fraction of sp³-hybridized carbons (Fsp3) is 0.167. The molecule has 0 bridgehead atoms. The maximum atomic E-state index is 13.4. The minimum atomic E-state index is -0.593. The first-order valence-corrected chi connectivity index (χ1v) is 5.19. The van der Waals surface area contributed by atoms with Crippen molar-refractivity contribution in [3.63, 3.8) is 0 Å². The van der Waals surface area contributed by atoms with Crippen LogP contribution < -0.4 is 0 Å². The summed E-state index contributed by atoms with van der Waals surface area (Å²) in [6.45, 7) is 0. The maximum absolute atomic E-state index is 13.4. The summed E-state index contributed by atoms with van der Waals surface area (Å²) in [6.07, 6.45) is 2.85. The van der Waals surface area contributed by atoms with Crippen LogP contribution >= 0.6 is 0 Å². The summed E-state index contributed by atoms with van der Waals surface area (Å²) in [5, 5.41) is 9.04. The molecule has 6 heteroatoms. The van der Waals surface area contributed by atoms with E-state index in [4.69, 9.17) is 5.11 Å². The fourth-order valence-electron chi connectivity index (χ4n) is 1.55. The number of aromatic hydroxyl groups is 1. The molecule has 0 radical (unpaired) electrons. The topological polar surface area (TPSA) is 75.2 Å². The van der Waals surface area contributed by atoms with Crippen LogP contribution in [0.2, 0.25) is 0 Å². The molecule has 0 spiro atoms. The molecule has 0 saturated carbocycles. The van der Waals surface area contributed by atoms with Crippen LogP contribution in [0.3, 0.4) is 0 Å². The molecule has 2 aromatic rings. The highest BCUT2D eigenvalue weighted by atomic mass is 19.1. The first-order valence-electron chi connectivity index (χ1n) is 5.19. The van der Waals surface area contributed by atoms with E-state index in [-0.39, 0.29) is 17.9 Å². The second-order valence-electron chi connectivity index (χ2n) is 3.70. The van der Waals surface area contributed by atoms with Crippen LogP contribution in [-0.2, 0) is 11.2 Å². The Kier molecular flexibility index (Phi) is 3.27. The van der Waals surface area contributed by atoms with Gasteiger partial charge in [-0.25, -0.2) is 9.18 Å². The van der Waals surface area contributed by atoms with Crippen LogP contribution in [0.5, 0.6) is 5.75 Å². The Morgan fingerprint density at radius 3 is 3.00 bits per heavy atom. The van der Waals surface area contributed by atoms with E-state index in [9.17, 15) is 9.18 Å². The Morgan fingerprint density at radius 1 is 1.56 bits per heavy atom. The van der Waals surface area contributed by atoms with Gasteiger partial charge in [0, 0.05) is 24.4 Å². The molecule has 18 heavy (non-hydrogen) atoms. The van der Waals surface area contributed by atoms with Gasteiger partial charge in [0.1, 0.15) is 11.6 Å². The van der Waals surface area contributed by atoms with E-state index in [2.05, 4.69) is 14.7 Å². The quantitative estimate of drug-likeness (QED) is 0.812. The third kappa shape index (κ3) is 2.48. The SMILES string of the molecule is COC(=O)c1c[nH]c(Cc2ncc(O)cc2F)c1. The highest BCUT2D eigenvalue weighted by molar-refractivity contribution is 5.89. The number of H-pyrrole nitrogens is 1. The molecule has 5 nitrogen and oxygen atoms in total. The van der Waals surface area contributed by atoms with Gasteiger partial charge in [0.05, 0.1) is 24.6 Å². The van der Waals surface area contributed by atoms with Crippen LogP contribution in [0, 0.1) is 5.82 Å². The van der Waals surface area contributed by atoms with Crippen LogP contribution in [0.1, 0.15) is 21.7 Å². The number of carbonyl (C=O) groups is 1. The molecule has 0 aromatic carbocycles. The molecule has 2 aromatic heterocycles. The standard InChI is InChI=1S/C12H11FN2O3/c1-18-12(17)7-2-8(14-5-7)3-11-10(13)4-9(16)6-15-11/h2,4-6,14,16H,3H2,1H3. The number of pyridine rings is 1. The number of carbonyl (C=O) groups excluding carboxylic acids is 1. The lowest BCUT2D eigenvalue weighted by atomic mass is 10.2. The second kappa shape index (κ2) is 4.87. The summed E-state index contributed by atoms with van der Waals surface area (Å²) in [4.78, 5) is 17.9. The fourth-order valence-corrected chi connectivity index (χ4v) is 1.55. The highest BCUT2D eigenvalue weighted by Crippen LogP contribution is 2.15. The molecule has 2 N–H and O–H groups in total. The second-order valence-corrected chi connectivity index (χ2v) is 3.70. The number of aromatic nitrogens is 2. The summed E-state index contributed by atoms with van der Waals surface area (Å²) >= 11 is 0. The smallest absolute Gasteiger partial charge is 0.339 e. The first-order chi connectivity index (χ1) is 8.60. The first kappa shape index (κ1) is 12.1. The van der Waals surface area contributed by atoms with Crippen LogP contribution in [0.4, 0.5) is 4.39 Å². The summed E-state index contributed by atoms with van der Waals surface area (Å²) < 4.78 is 18.0. The third-order valence-electron chi connectivity index (χ3n) is 2.42. The van der Waals surface area contributed by atoms with Crippen molar-refractivity contribution in [2.45, 2.75) is 6.42 Å². The van der Waals surface area contributed by atoms with Crippen molar-refractivity contribution in [1.29, 1.82) is 0 Å². The molecule has 0 atom stereocenters. The van der Waals surface area contributed by atoms with E-state index in [0.717, 1.165) is 6.07 Å². The Morgan fingerprint density at radius 2 is 2.33 bits per heavy atom. The van der Waals surface area contributed by atoms with Crippen molar-refractivity contribution >= 4 is 5.97 Å². The molecule has 2 heterocycles. The van der Waals surface area contributed by atoms with Crippen molar-refractivity contribution < 1.29 is 19.0 Å². The number of halogens is 1. The number of nitrogens with zero attached hydrogens (tertiary/aromatic N) is 1. The van der Waals surface area contributed by atoms with Gasteiger partial charge in [0.25, 0.3) is 0 Å². The molecule has 0 aliphatic heterocycles. The van der Waals surface area contributed by atoms with Gasteiger partial charge in [-0.05, 0) is 6.07 Å². The van der Waals surface area contributed by atoms with Gasteiger partial charge in [-0.1, -0.05) is 0 Å². The largest absolute Gasteiger partial charge is 0.506 e.